The maximum atomic E-state index is 12.2. The van der Waals surface area contributed by atoms with Crippen LogP contribution in [0.3, 0.4) is 0 Å². The van der Waals surface area contributed by atoms with Crippen LogP contribution in [0.5, 0.6) is 0 Å². The summed E-state index contributed by atoms with van der Waals surface area (Å²) in [5, 5.41) is 0.147. The highest BCUT2D eigenvalue weighted by Gasteiger charge is 2.16. The lowest BCUT2D eigenvalue weighted by molar-refractivity contribution is 0.676. The average Bonchev–Trinajstić information content (AvgIpc) is 2.84. The lowest BCUT2D eigenvalue weighted by atomic mass is 10.2. The Morgan fingerprint density at radius 1 is 1.27 bits per heavy atom. The number of benzene rings is 1. The van der Waals surface area contributed by atoms with Crippen LogP contribution >= 0.6 is 0 Å². The number of aromatic amines is 1. The Morgan fingerprint density at radius 2 is 2.00 bits per heavy atom. The Labute approximate surface area is 128 Å². The molecule has 0 radical (unpaired) electrons. The molecule has 0 bridgehead atoms. The van der Waals surface area contributed by atoms with Gasteiger partial charge in [0.05, 0.1) is 17.3 Å². The van der Waals surface area contributed by atoms with Crippen molar-refractivity contribution in [2.75, 3.05) is 11.5 Å². The predicted octanol–water partition coefficient (Wildman–Crippen LogP) is 0.878. The predicted molar refractivity (Wildman–Crippen MR) is 85.1 cm³/mol. The summed E-state index contributed by atoms with van der Waals surface area (Å²) in [6.45, 7) is 2.13. The number of rotatable bonds is 4. The molecule has 2 heterocycles. The number of fused-ring (bicyclic) bond motifs is 1. The molecule has 3 rings (SSSR count). The van der Waals surface area contributed by atoms with Crippen LogP contribution in [0.4, 0.5) is 5.82 Å². The van der Waals surface area contributed by atoms with E-state index in [4.69, 9.17) is 5.73 Å². The highest BCUT2D eigenvalue weighted by molar-refractivity contribution is 7.84. The van der Waals surface area contributed by atoms with Crippen molar-refractivity contribution in [3.63, 3.8) is 0 Å². The molecule has 0 aliphatic rings. The molecule has 7 nitrogen and oxygen atoms in total. The molecule has 0 saturated carbocycles. The van der Waals surface area contributed by atoms with Crippen molar-refractivity contribution in [2.24, 2.45) is 0 Å². The van der Waals surface area contributed by atoms with Gasteiger partial charge in [0.2, 0.25) is 5.16 Å². The van der Waals surface area contributed by atoms with Crippen LogP contribution in [-0.4, -0.2) is 29.5 Å². The maximum absolute atomic E-state index is 12.2. The molecule has 8 heteroatoms. The number of aromatic nitrogens is 4. The zero-order valence-electron chi connectivity index (χ0n) is 11.9. The molecule has 2 aromatic heterocycles. The third kappa shape index (κ3) is 2.52. The topological polar surface area (TPSA) is 107 Å². The monoisotopic (exact) mass is 317 g/mol. The van der Waals surface area contributed by atoms with Crippen LogP contribution in [0.25, 0.3) is 11.2 Å². The fourth-order valence-electron chi connectivity index (χ4n) is 2.17. The first-order valence-corrected chi connectivity index (χ1v) is 8.10. The summed E-state index contributed by atoms with van der Waals surface area (Å²) in [6, 6.07) is 9.54. The second-order valence-electron chi connectivity index (χ2n) is 4.73. The van der Waals surface area contributed by atoms with Crippen LogP contribution in [0, 0.1) is 0 Å². The Bertz CT molecular complexity index is 901. The summed E-state index contributed by atoms with van der Waals surface area (Å²) in [6.07, 6.45) is 0. The number of anilines is 1. The fraction of sp³-hybridized carbons (Fsp3) is 0.214. The summed E-state index contributed by atoms with van der Waals surface area (Å²) in [4.78, 5) is 23.1. The van der Waals surface area contributed by atoms with Gasteiger partial charge in [0, 0.05) is 5.75 Å². The summed E-state index contributed by atoms with van der Waals surface area (Å²) in [5.74, 6) is 0.517. The van der Waals surface area contributed by atoms with Crippen molar-refractivity contribution in [1.82, 2.24) is 19.5 Å². The molecule has 3 aromatic rings. The number of nitrogens with two attached hydrogens (primary N) is 1. The Morgan fingerprint density at radius 3 is 2.68 bits per heavy atom. The van der Waals surface area contributed by atoms with Crippen molar-refractivity contribution in [3.8, 4) is 0 Å². The first kappa shape index (κ1) is 14.5. The molecule has 0 fully saturated rings. The van der Waals surface area contributed by atoms with E-state index in [0.717, 1.165) is 5.56 Å². The van der Waals surface area contributed by atoms with Crippen LogP contribution in [-0.2, 0) is 17.3 Å². The molecule has 0 saturated heterocycles. The van der Waals surface area contributed by atoms with Crippen LogP contribution in [0.2, 0.25) is 0 Å². The molecule has 0 spiro atoms. The van der Waals surface area contributed by atoms with Gasteiger partial charge in [-0.15, -0.1) is 0 Å². The van der Waals surface area contributed by atoms with E-state index in [1.54, 1.807) is 6.92 Å². The number of nitrogens with one attached hydrogen (secondary N) is 1. The van der Waals surface area contributed by atoms with Gasteiger partial charge in [0.25, 0.3) is 0 Å². The molecule has 0 amide bonds. The van der Waals surface area contributed by atoms with Crippen molar-refractivity contribution < 1.29 is 4.21 Å². The molecule has 0 aliphatic heterocycles. The van der Waals surface area contributed by atoms with Gasteiger partial charge in [-0.25, -0.2) is 14.8 Å². The van der Waals surface area contributed by atoms with Gasteiger partial charge >= 0.3 is 5.69 Å². The van der Waals surface area contributed by atoms with E-state index in [9.17, 15) is 9.00 Å². The van der Waals surface area contributed by atoms with Gasteiger partial charge in [-0.05, 0) is 5.56 Å². The first-order chi connectivity index (χ1) is 10.6. The lowest BCUT2D eigenvalue weighted by Crippen LogP contribution is -2.18. The van der Waals surface area contributed by atoms with Crippen molar-refractivity contribution in [3.05, 3.63) is 46.4 Å². The molecule has 1 aromatic carbocycles. The van der Waals surface area contributed by atoms with E-state index in [1.807, 2.05) is 30.3 Å². The number of nitrogen functional groups attached to an aromatic ring is 1. The molecule has 22 heavy (non-hydrogen) atoms. The number of hydrogen-bond donors (Lipinski definition) is 2. The zero-order valence-corrected chi connectivity index (χ0v) is 12.8. The van der Waals surface area contributed by atoms with Crippen molar-refractivity contribution >= 4 is 27.8 Å². The Hall–Kier alpha value is -2.48. The van der Waals surface area contributed by atoms with E-state index in [0.29, 0.717) is 23.5 Å². The fourth-order valence-corrected chi connectivity index (χ4v) is 2.82. The maximum Gasteiger partial charge on any atom is 0.328 e. The van der Waals surface area contributed by atoms with E-state index >= 15 is 0 Å². The first-order valence-electron chi connectivity index (χ1n) is 6.78. The quantitative estimate of drug-likeness (QED) is 0.695. The minimum atomic E-state index is -1.33. The summed E-state index contributed by atoms with van der Waals surface area (Å²) in [7, 11) is -1.33. The molecule has 3 N–H and O–H groups in total. The van der Waals surface area contributed by atoms with Gasteiger partial charge in [0.1, 0.15) is 5.52 Å². The SMILES string of the molecule is CCS(=O)c1nc(N)c2[nH]c(=O)n(Cc3ccccc3)c2n1. The number of imidazole rings is 1. The van der Waals surface area contributed by atoms with Crippen molar-refractivity contribution in [1.29, 1.82) is 0 Å². The second-order valence-corrected chi connectivity index (χ2v) is 6.36. The number of H-pyrrole nitrogens is 1. The highest BCUT2D eigenvalue weighted by atomic mass is 32.2. The van der Waals surface area contributed by atoms with Gasteiger partial charge in [0.15, 0.2) is 11.5 Å². The largest absolute Gasteiger partial charge is 0.382 e. The minimum absolute atomic E-state index is 0.130. The molecule has 1 unspecified atom stereocenters. The highest BCUT2D eigenvalue weighted by Crippen LogP contribution is 2.16. The average molecular weight is 317 g/mol. The molecular weight excluding hydrogens is 302 g/mol. The molecule has 1 atom stereocenters. The van der Waals surface area contributed by atoms with Gasteiger partial charge in [-0.1, -0.05) is 37.3 Å². The van der Waals surface area contributed by atoms with Gasteiger partial charge in [-0.3, -0.25) is 8.78 Å². The van der Waals surface area contributed by atoms with Crippen LogP contribution < -0.4 is 11.4 Å². The molecule has 0 aliphatic carbocycles. The second kappa shape index (κ2) is 5.72. The summed E-state index contributed by atoms with van der Waals surface area (Å²) >= 11 is 0. The van der Waals surface area contributed by atoms with E-state index < -0.39 is 10.8 Å². The van der Waals surface area contributed by atoms with E-state index in [-0.39, 0.29) is 16.7 Å². The standard InChI is InChI=1S/C14H15N5O2S/c1-2-22(21)13-17-11(15)10-12(18-13)19(14(20)16-10)8-9-6-4-3-5-7-9/h3-7H,2,8H2,1H3,(H,16,20)(H2,15,17,18). The number of hydrogen-bond acceptors (Lipinski definition) is 5. The third-order valence-corrected chi connectivity index (χ3v) is 4.39. The van der Waals surface area contributed by atoms with E-state index in [2.05, 4.69) is 15.0 Å². The van der Waals surface area contributed by atoms with Crippen LogP contribution in [0.15, 0.2) is 40.3 Å². The smallest absolute Gasteiger partial charge is 0.328 e. The van der Waals surface area contributed by atoms with Crippen molar-refractivity contribution in [2.45, 2.75) is 18.6 Å². The molecular formula is C14H15N5O2S. The molecule has 114 valence electrons. The lowest BCUT2D eigenvalue weighted by Gasteiger charge is -2.05. The minimum Gasteiger partial charge on any atom is -0.382 e. The van der Waals surface area contributed by atoms with Gasteiger partial charge < -0.3 is 10.7 Å². The summed E-state index contributed by atoms with van der Waals surface area (Å²) in [5.41, 5.74) is 7.24. The third-order valence-electron chi connectivity index (χ3n) is 3.28. The van der Waals surface area contributed by atoms with E-state index in [1.165, 1.54) is 4.57 Å². The summed E-state index contributed by atoms with van der Waals surface area (Å²) < 4.78 is 13.4. The zero-order chi connectivity index (χ0) is 15.7. The number of nitrogens with zero attached hydrogens (tertiary/aromatic N) is 3. The normalized spacial score (nSPS) is 12.6. The van der Waals surface area contributed by atoms with Crippen LogP contribution in [0.1, 0.15) is 12.5 Å². The Balaban J connectivity index is 2.17. The Kier molecular flexibility index (Phi) is 3.76. The van der Waals surface area contributed by atoms with Gasteiger partial charge in [-0.2, -0.15) is 0 Å².